The van der Waals surface area contributed by atoms with Crippen molar-refractivity contribution in [3.63, 3.8) is 0 Å². The van der Waals surface area contributed by atoms with Crippen LogP contribution in [0.1, 0.15) is 33.1 Å². The lowest BCUT2D eigenvalue weighted by Crippen LogP contribution is -2.47. The second kappa shape index (κ2) is 5.76. The minimum Gasteiger partial charge on any atom is -0.481 e. The molecule has 0 heterocycles. The summed E-state index contributed by atoms with van der Waals surface area (Å²) in [6.07, 6.45) is 5.56. The molecule has 2 unspecified atom stereocenters. The summed E-state index contributed by atoms with van der Waals surface area (Å²) < 4.78 is 0.196. The molecule has 5 heteroatoms. The second-order valence-electron chi connectivity index (χ2n) is 4.87. The Morgan fingerprint density at radius 3 is 2.29 bits per heavy atom. The third-order valence-electron chi connectivity index (χ3n) is 3.84. The van der Waals surface area contributed by atoms with E-state index in [0.29, 0.717) is 6.54 Å². The first kappa shape index (κ1) is 14.4. The molecule has 1 aliphatic rings. The van der Waals surface area contributed by atoms with Gasteiger partial charge in [0.2, 0.25) is 5.91 Å². The maximum atomic E-state index is 11.8. The number of carboxylic acids is 1. The molecule has 0 spiro atoms. The summed E-state index contributed by atoms with van der Waals surface area (Å²) in [4.78, 5) is 22.6. The Bertz CT molecular complexity index is 297. The van der Waals surface area contributed by atoms with Gasteiger partial charge in [-0.2, -0.15) is 11.8 Å². The quantitative estimate of drug-likeness (QED) is 0.762. The molecule has 17 heavy (non-hydrogen) atoms. The average Bonchev–Trinajstić information content (AvgIpc) is 2.25. The van der Waals surface area contributed by atoms with Crippen LogP contribution >= 0.6 is 11.8 Å². The summed E-state index contributed by atoms with van der Waals surface area (Å²) in [7, 11) is 0. The van der Waals surface area contributed by atoms with Crippen molar-refractivity contribution in [1.82, 2.24) is 5.32 Å². The van der Waals surface area contributed by atoms with Crippen LogP contribution in [0, 0.1) is 11.8 Å². The normalized spacial score (nSPS) is 21.1. The van der Waals surface area contributed by atoms with E-state index in [1.54, 1.807) is 25.6 Å². The first-order valence-electron chi connectivity index (χ1n) is 5.97. The number of rotatable bonds is 6. The molecule has 0 aromatic rings. The molecule has 0 aliphatic heterocycles. The molecule has 2 atom stereocenters. The molecular weight excluding hydrogens is 238 g/mol. The number of hydrogen-bond acceptors (Lipinski definition) is 3. The fourth-order valence-corrected chi connectivity index (χ4v) is 2.79. The van der Waals surface area contributed by atoms with Gasteiger partial charge in [-0.1, -0.05) is 20.3 Å². The van der Waals surface area contributed by atoms with Gasteiger partial charge in [0.15, 0.2) is 0 Å². The monoisotopic (exact) mass is 259 g/mol. The molecule has 1 fully saturated rings. The fourth-order valence-electron chi connectivity index (χ4n) is 1.87. The molecule has 0 bridgehead atoms. The van der Waals surface area contributed by atoms with Gasteiger partial charge in [0.25, 0.3) is 0 Å². The Kier molecular flexibility index (Phi) is 4.86. The SMILES string of the molecule is CSC1(CNC(=O)C(C)C(C)C(=O)O)CCC1. The number of carbonyl (C=O) groups is 2. The molecular formula is C12H21NO3S. The van der Waals surface area contributed by atoms with Crippen molar-refractivity contribution in [2.45, 2.75) is 37.9 Å². The minimum atomic E-state index is -0.920. The fraction of sp³-hybridized carbons (Fsp3) is 0.833. The Morgan fingerprint density at radius 1 is 1.35 bits per heavy atom. The molecule has 4 nitrogen and oxygen atoms in total. The van der Waals surface area contributed by atoms with Crippen LogP contribution in [-0.2, 0) is 9.59 Å². The zero-order valence-corrected chi connectivity index (χ0v) is 11.5. The van der Waals surface area contributed by atoms with Gasteiger partial charge in [0.1, 0.15) is 0 Å². The number of nitrogens with one attached hydrogen (secondary N) is 1. The van der Waals surface area contributed by atoms with Crippen LogP contribution in [0.15, 0.2) is 0 Å². The molecule has 1 saturated carbocycles. The predicted octanol–water partition coefficient (Wildman–Crippen LogP) is 1.75. The zero-order valence-electron chi connectivity index (χ0n) is 10.7. The highest BCUT2D eigenvalue weighted by atomic mass is 32.2. The summed E-state index contributed by atoms with van der Waals surface area (Å²) in [5.74, 6) is -2.19. The molecule has 2 N–H and O–H groups in total. The van der Waals surface area contributed by atoms with Crippen LogP contribution < -0.4 is 5.32 Å². The lowest BCUT2D eigenvalue weighted by molar-refractivity contribution is -0.146. The lowest BCUT2D eigenvalue weighted by Gasteiger charge is -2.40. The molecule has 1 amide bonds. The maximum Gasteiger partial charge on any atom is 0.307 e. The van der Waals surface area contributed by atoms with Crippen molar-refractivity contribution >= 4 is 23.6 Å². The van der Waals surface area contributed by atoms with E-state index < -0.39 is 17.8 Å². The molecule has 1 rings (SSSR count). The third kappa shape index (κ3) is 3.37. The molecule has 0 saturated heterocycles. The zero-order chi connectivity index (χ0) is 13.1. The van der Waals surface area contributed by atoms with Crippen LogP contribution in [0.4, 0.5) is 0 Å². The van der Waals surface area contributed by atoms with Gasteiger partial charge in [-0.05, 0) is 19.1 Å². The number of aliphatic carboxylic acids is 1. The van der Waals surface area contributed by atoms with Gasteiger partial charge in [-0.15, -0.1) is 0 Å². The molecule has 98 valence electrons. The minimum absolute atomic E-state index is 0.153. The second-order valence-corrected chi connectivity index (χ2v) is 6.15. The largest absolute Gasteiger partial charge is 0.481 e. The maximum absolute atomic E-state index is 11.8. The van der Waals surface area contributed by atoms with Crippen molar-refractivity contribution in [3.05, 3.63) is 0 Å². The van der Waals surface area contributed by atoms with Crippen LogP contribution in [0.3, 0.4) is 0 Å². The Morgan fingerprint density at radius 2 is 1.94 bits per heavy atom. The first-order valence-corrected chi connectivity index (χ1v) is 7.20. The van der Waals surface area contributed by atoms with E-state index in [1.165, 1.54) is 6.42 Å². The van der Waals surface area contributed by atoms with Crippen LogP contribution in [0.5, 0.6) is 0 Å². The van der Waals surface area contributed by atoms with E-state index in [1.807, 2.05) is 0 Å². The summed E-state index contributed by atoms with van der Waals surface area (Å²) in [6, 6.07) is 0. The molecule has 1 aliphatic carbocycles. The molecule has 0 aromatic carbocycles. The topological polar surface area (TPSA) is 66.4 Å². The number of hydrogen-bond donors (Lipinski definition) is 2. The highest BCUT2D eigenvalue weighted by Gasteiger charge is 2.37. The van der Waals surface area contributed by atoms with Crippen molar-refractivity contribution in [2.24, 2.45) is 11.8 Å². The van der Waals surface area contributed by atoms with E-state index in [9.17, 15) is 9.59 Å². The summed E-state index contributed by atoms with van der Waals surface area (Å²) in [5, 5.41) is 11.7. The first-order chi connectivity index (χ1) is 7.92. The van der Waals surface area contributed by atoms with E-state index in [-0.39, 0.29) is 10.7 Å². The van der Waals surface area contributed by atoms with Crippen molar-refractivity contribution in [1.29, 1.82) is 0 Å². The van der Waals surface area contributed by atoms with Gasteiger partial charge in [-0.3, -0.25) is 9.59 Å². The molecule has 0 aromatic heterocycles. The van der Waals surface area contributed by atoms with Crippen molar-refractivity contribution in [3.8, 4) is 0 Å². The summed E-state index contributed by atoms with van der Waals surface area (Å²) in [5.41, 5.74) is 0. The number of carbonyl (C=O) groups excluding carboxylic acids is 1. The average molecular weight is 259 g/mol. The van der Waals surface area contributed by atoms with E-state index in [2.05, 4.69) is 11.6 Å². The highest BCUT2D eigenvalue weighted by Crippen LogP contribution is 2.42. The van der Waals surface area contributed by atoms with Gasteiger partial charge in [0, 0.05) is 17.2 Å². The standard InChI is InChI=1S/C12H21NO3S/c1-8(9(2)11(15)16)10(14)13-7-12(17-3)5-4-6-12/h8-9H,4-7H2,1-3H3,(H,13,14)(H,15,16). The van der Waals surface area contributed by atoms with Crippen LogP contribution in [-0.4, -0.2) is 34.5 Å². The summed E-state index contributed by atoms with van der Waals surface area (Å²) >= 11 is 1.80. The third-order valence-corrected chi connectivity index (χ3v) is 5.25. The van der Waals surface area contributed by atoms with Crippen molar-refractivity contribution in [2.75, 3.05) is 12.8 Å². The Hall–Kier alpha value is -0.710. The summed E-state index contributed by atoms with van der Waals surface area (Å²) in [6.45, 7) is 3.89. The van der Waals surface area contributed by atoms with E-state index in [0.717, 1.165) is 12.8 Å². The lowest BCUT2D eigenvalue weighted by atomic mass is 9.84. The van der Waals surface area contributed by atoms with Gasteiger partial charge in [-0.25, -0.2) is 0 Å². The van der Waals surface area contributed by atoms with E-state index >= 15 is 0 Å². The predicted molar refractivity (Wildman–Crippen MR) is 69.1 cm³/mol. The smallest absolute Gasteiger partial charge is 0.307 e. The molecule has 0 radical (unpaired) electrons. The van der Waals surface area contributed by atoms with Gasteiger partial charge in [0.05, 0.1) is 5.92 Å². The number of thioether (sulfide) groups is 1. The highest BCUT2D eigenvalue weighted by molar-refractivity contribution is 8.00. The Balaban J connectivity index is 2.41. The van der Waals surface area contributed by atoms with Gasteiger partial charge < -0.3 is 10.4 Å². The Labute approximate surface area is 107 Å². The van der Waals surface area contributed by atoms with Crippen LogP contribution in [0.2, 0.25) is 0 Å². The van der Waals surface area contributed by atoms with Gasteiger partial charge >= 0.3 is 5.97 Å². The van der Waals surface area contributed by atoms with E-state index in [4.69, 9.17) is 5.11 Å². The number of amides is 1. The van der Waals surface area contributed by atoms with Crippen LogP contribution in [0.25, 0.3) is 0 Å². The van der Waals surface area contributed by atoms with Crippen molar-refractivity contribution < 1.29 is 14.7 Å². The number of carboxylic acid groups (broad SMARTS) is 1.